The van der Waals surface area contributed by atoms with Crippen molar-refractivity contribution in [2.75, 3.05) is 32.7 Å². The van der Waals surface area contributed by atoms with Gasteiger partial charge in [0.1, 0.15) is 0 Å². The van der Waals surface area contributed by atoms with Crippen LogP contribution in [-0.4, -0.2) is 48.4 Å². The van der Waals surface area contributed by atoms with Gasteiger partial charge < -0.3 is 4.90 Å². The molecule has 0 saturated carbocycles. The predicted octanol–water partition coefficient (Wildman–Crippen LogP) is 4.56. The lowest BCUT2D eigenvalue weighted by Gasteiger charge is -2.34. The lowest BCUT2D eigenvalue weighted by molar-refractivity contribution is 0.0650. The fraction of sp³-hybridized carbons (Fsp3) is 0.179. The van der Waals surface area contributed by atoms with Crippen molar-refractivity contribution in [1.82, 2.24) is 9.80 Å². The van der Waals surface area contributed by atoms with Crippen molar-refractivity contribution in [3.8, 4) is 11.8 Å². The van der Waals surface area contributed by atoms with Crippen LogP contribution in [0.4, 0.5) is 0 Å². The zero-order valence-corrected chi connectivity index (χ0v) is 17.6. The van der Waals surface area contributed by atoms with Gasteiger partial charge in [-0.1, -0.05) is 78.6 Å². The second kappa shape index (κ2) is 10.4. The molecule has 0 radical (unpaired) electrons. The fourth-order valence-electron chi connectivity index (χ4n) is 3.61. The zero-order chi connectivity index (χ0) is 21.3. The van der Waals surface area contributed by atoms with Gasteiger partial charge in [0.2, 0.25) is 0 Å². The summed E-state index contributed by atoms with van der Waals surface area (Å²) in [6.45, 7) is 4.17. The Labute approximate surface area is 184 Å². The molecule has 154 valence electrons. The third kappa shape index (κ3) is 5.94. The second-order valence-corrected chi connectivity index (χ2v) is 7.60. The summed E-state index contributed by atoms with van der Waals surface area (Å²) in [6, 6.07) is 27.8. The molecule has 1 fully saturated rings. The SMILES string of the molecule is O=C(c1cccc(C#Cc2ccccc2)c1)N1CCN(C/C=C/c2ccccc2)CC1. The number of benzene rings is 3. The quantitative estimate of drug-likeness (QED) is 0.593. The van der Waals surface area contributed by atoms with E-state index in [4.69, 9.17) is 0 Å². The minimum Gasteiger partial charge on any atom is -0.336 e. The maximum absolute atomic E-state index is 13.0. The third-order valence-electron chi connectivity index (χ3n) is 5.37. The van der Waals surface area contributed by atoms with Crippen molar-refractivity contribution >= 4 is 12.0 Å². The molecule has 0 unspecified atom stereocenters. The van der Waals surface area contributed by atoms with E-state index in [9.17, 15) is 4.79 Å². The first-order valence-electron chi connectivity index (χ1n) is 10.7. The van der Waals surface area contributed by atoms with Crippen LogP contribution >= 0.6 is 0 Å². The van der Waals surface area contributed by atoms with Crippen LogP contribution in [0.1, 0.15) is 27.0 Å². The summed E-state index contributed by atoms with van der Waals surface area (Å²) in [4.78, 5) is 17.3. The molecule has 4 rings (SSSR count). The summed E-state index contributed by atoms with van der Waals surface area (Å²) in [5.41, 5.74) is 3.75. The van der Waals surface area contributed by atoms with Crippen LogP contribution in [-0.2, 0) is 0 Å². The van der Waals surface area contributed by atoms with Crippen LogP contribution in [0.25, 0.3) is 6.08 Å². The topological polar surface area (TPSA) is 23.6 Å². The van der Waals surface area contributed by atoms with Crippen molar-refractivity contribution in [3.63, 3.8) is 0 Å². The normalized spacial score (nSPS) is 14.3. The highest BCUT2D eigenvalue weighted by atomic mass is 16.2. The Hall–Kier alpha value is -3.61. The molecule has 1 aliphatic rings. The molecule has 0 atom stereocenters. The first kappa shape index (κ1) is 20.7. The van der Waals surface area contributed by atoms with Crippen LogP contribution < -0.4 is 0 Å². The summed E-state index contributed by atoms with van der Waals surface area (Å²) < 4.78 is 0. The van der Waals surface area contributed by atoms with Gasteiger partial charge in [-0.15, -0.1) is 0 Å². The Morgan fingerprint density at radius 1 is 0.774 bits per heavy atom. The first-order chi connectivity index (χ1) is 15.3. The summed E-state index contributed by atoms with van der Waals surface area (Å²) >= 11 is 0. The Morgan fingerprint density at radius 3 is 2.16 bits per heavy atom. The Morgan fingerprint density at radius 2 is 1.42 bits per heavy atom. The van der Waals surface area contributed by atoms with Gasteiger partial charge >= 0.3 is 0 Å². The molecule has 1 amide bonds. The number of hydrogen-bond acceptors (Lipinski definition) is 2. The van der Waals surface area contributed by atoms with Gasteiger partial charge in [-0.2, -0.15) is 0 Å². The Balaban J connectivity index is 1.31. The van der Waals surface area contributed by atoms with Gasteiger partial charge in [0.05, 0.1) is 0 Å². The molecule has 3 heteroatoms. The molecule has 3 nitrogen and oxygen atoms in total. The Bertz CT molecular complexity index is 1090. The van der Waals surface area contributed by atoms with E-state index in [-0.39, 0.29) is 5.91 Å². The molecule has 1 saturated heterocycles. The maximum atomic E-state index is 13.0. The van der Waals surface area contributed by atoms with Crippen LogP contribution in [0, 0.1) is 11.8 Å². The van der Waals surface area contributed by atoms with Crippen molar-refractivity contribution in [2.24, 2.45) is 0 Å². The predicted molar refractivity (Wildman–Crippen MR) is 127 cm³/mol. The maximum Gasteiger partial charge on any atom is 0.253 e. The van der Waals surface area contributed by atoms with E-state index in [0.29, 0.717) is 5.56 Å². The molecule has 1 aliphatic heterocycles. The standard InChI is InChI=1S/C28H26N2O/c31-28(27-15-7-13-26(23-27)17-16-25-11-5-2-6-12-25)30-21-19-29(20-22-30)18-8-14-24-9-3-1-4-10-24/h1-15,23H,18-22H2/b14-8+. The minimum atomic E-state index is 0.0860. The third-order valence-corrected chi connectivity index (χ3v) is 5.37. The molecular weight excluding hydrogens is 380 g/mol. The highest BCUT2D eigenvalue weighted by molar-refractivity contribution is 5.94. The fourth-order valence-corrected chi connectivity index (χ4v) is 3.61. The molecule has 3 aromatic carbocycles. The second-order valence-electron chi connectivity index (χ2n) is 7.60. The Kier molecular flexibility index (Phi) is 6.95. The number of carbonyl (C=O) groups excluding carboxylic acids is 1. The van der Waals surface area contributed by atoms with E-state index in [0.717, 1.165) is 43.9 Å². The lowest BCUT2D eigenvalue weighted by Crippen LogP contribution is -2.48. The summed E-state index contributed by atoms with van der Waals surface area (Å²) in [7, 11) is 0. The highest BCUT2D eigenvalue weighted by Crippen LogP contribution is 2.11. The zero-order valence-electron chi connectivity index (χ0n) is 17.6. The monoisotopic (exact) mass is 406 g/mol. The summed E-state index contributed by atoms with van der Waals surface area (Å²) in [6.07, 6.45) is 4.35. The first-order valence-corrected chi connectivity index (χ1v) is 10.7. The highest BCUT2D eigenvalue weighted by Gasteiger charge is 2.21. The van der Waals surface area contributed by atoms with Crippen LogP contribution in [0.3, 0.4) is 0 Å². The van der Waals surface area contributed by atoms with Crippen LogP contribution in [0.2, 0.25) is 0 Å². The summed E-state index contributed by atoms with van der Waals surface area (Å²) in [5, 5.41) is 0. The van der Waals surface area contributed by atoms with Gasteiger partial charge in [0.15, 0.2) is 0 Å². The van der Waals surface area contributed by atoms with Crippen molar-refractivity contribution in [1.29, 1.82) is 0 Å². The number of carbonyl (C=O) groups is 1. The molecule has 3 aromatic rings. The summed E-state index contributed by atoms with van der Waals surface area (Å²) in [5.74, 6) is 6.41. The van der Waals surface area contributed by atoms with E-state index >= 15 is 0 Å². The molecule has 0 N–H and O–H groups in total. The average Bonchev–Trinajstić information content (AvgIpc) is 2.84. The van der Waals surface area contributed by atoms with Gasteiger partial charge in [0, 0.05) is 49.4 Å². The molecule has 0 aliphatic carbocycles. The molecule has 31 heavy (non-hydrogen) atoms. The van der Waals surface area contributed by atoms with Gasteiger partial charge in [-0.05, 0) is 35.9 Å². The molecule has 0 bridgehead atoms. The average molecular weight is 407 g/mol. The smallest absolute Gasteiger partial charge is 0.253 e. The van der Waals surface area contributed by atoms with Gasteiger partial charge in [-0.25, -0.2) is 0 Å². The number of rotatable bonds is 4. The lowest BCUT2D eigenvalue weighted by atomic mass is 10.1. The van der Waals surface area contributed by atoms with Crippen LogP contribution in [0.5, 0.6) is 0 Å². The van der Waals surface area contributed by atoms with Crippen molar-refractivity contribution < 1.29 is 4.79 Å². The van der Waals surface area contributed by atoms with E-state index in [1.165, 1.54) is 5.56 Å². The molecular formula is C28H26N2O. The van der Waals surface area contributed by atoms with Crippen molar-refractivity contribution in [2.45, 2.75) is 0 Å². The van der Waals surface area contributed by atoms with Gasteiger partial charge in [0.25, 0.3) is 5.91 Å². The van der Waals surface area contributed by atoms with E-state index in [2.05, 4.69) is 41.0 Å². The largest absolute Gasteiger partial charge is 0.336 e. The van der Waals surface area contributed by atoms with E-state index < -0.39 is 0 Å². The van der Waals surface area contributed by atoms with Gasteiger partial charge in [-0.3, -0.25) is 9.69 Å². The van der Waals surface area contributed by atoms with Crippen LogP contribution in [0.15, 0.2) is 91.0 Å². The number of piperazine rings is 1. The van der Waals surface area contributed by atoms with E-state index in [1.807, 2.05) is 77.7 Å². The number of hydrogen-bond donors (Lipinski definition) is 0. The molecule has 1 heterocycles. The number of nitrogens with zero attached hydrogens (tertiary/aromatic N) is 2. The van der Waals surface area contributed by atoms with Crippen molar-refractivity contribution in [3.05, 3.63) is 113 Å². The molecule has 0 spiro atoms. The van der Waals surface area contributed by atoms with E-state index in [1.54, 1.807) is 0 Å². The minimum absolute atomic E-state index is 0.0860. The molecule has 0 aromatic heterocycles. The number of amides is 1.